The topological polar surface area (TPSA) is 32.3 Å². The number of fused-ring (bicyclic) bond motifs is 1. The van der Waals surface area contributed by atoms with E-state index < -0.39 is 0 Å². The van der Waals surface area contributed by atoms with E-state index in [1.54, 1.807) is 0 Å². The summed E-state index contributed by atoms with van der Waals surface area (Å²) in [5.41, 5.74) is 0. The Kier molecular flexibility index (Phi) is 3.99. The molecule has 0 bridgehead atoms. The molecule has 4 heteroatoms. The Bertz CT molecular complexity index is 281. The Balaban J connectivity index is 0.00000108. The lowest BCUT2D eigenvalue weighted by molar-refractivity contribution is -0.134. The van der Waals surface area contributed by atoms with Crippen LogP contribution in [0.5, 0.6) is 0 Å². The van der Waals surface area contributed by atoms with Crippen molar-refractivity contribution in [1.82, 2.24) is 10.2 Å². The van der Waals surface area contributed by atoms with Gasteiger partial charge in [-0.25, -0.2) is 0 Å². The van der Waals surface area contributed by atoms with Gasteiger partial charge < -0.3 is 10.2 Å². The van der Waals surface area contributed by atoms with Crippen LogP contribution in [0.15, 0.2) is 0 Å². The van der Waals surface area contributed by atoms with E-state index in [0.29, 0.717) is 17.9 Å². The predicted octanol–water partition coefficient (Wildman–Crippen LogP) is 1.66. The van der Waals surface area contributed by atoms with Crippen molar-refractivity contribution in [3.8, 4) is 0 Å². The highest BCUT2D eigenvalue weighted by atomic mass is 35.5. The summed E-state index contributed by atoms with van der Waals surface area (Å²) in [5, 5.41) is 3.36. The number of nitrogens with zero attached hydrogens (tertiary/aromatic N) is 1. The summed E-state index contributed by atoms with van der Waals surface area (Å²) in [6.45, 7) is 2.14. The number of carbonyl (C=O) groups is 1. The van der Waals surface area contributed by atoms with E-state index in [4.69, 9.17) is 0 Å². The van der Waals surface area contributed by atoms with Crippen LogP contribution in [0.1, 0.15) is 32.1 Å². The number of carbonyl (C=O) groups excluding carboxylic acids is 1. The molecule has 1 amide bonds. The van der Waals surface area contributed by atoms with Crippen LogP contribution in [0.4, 0.5) is 0 Å². The lowest BCUT2D eigenvalue weighted by Gasteiger charge is -2.32. The molecule has 1 aliphatic heterocycles. The lowest BCUT2D eigenvalue weighted by Crippen LogP contribution is -2.44. The highest BCUT2D eigenvalue weighted by Gasteiger charge is 2.57. The Labute approximate surface area is 110 Å². The summed E-state index contributed by atoms with van der Waals surface area (Å²) in [7, 11) is 2.02. The summed E-state index contributed by atoms with van der Waals surface area (Å²) in [5.74, 6) is 2.38. The Hall–Kier alpha value is -0.280. The van der Waals surface area contributed by atoms with Gasteiger partial charge in [-0.1, -0.05) is 6.42 Å². The molecule has 0 aromatic heterocycles. The normalized spacial score (nSPS) is 35.9. The Morgan fingerprint density at radius 3 is 2.29 bits per heavy atom. The van der Waals surface area contributed by atoms with Crippen LogP contribution >= 0.6 is 12.4 Å². The second-order valence-electron chi connectivity index (χ2n) is 5.71. The molecular weight excluding hydrogens is 236 g/mol. The fraction of sp³-hybridized carbons (Fsp3) is 0.923. The highest BCUT2D eigenvalue weighted by molar-refractivity contribution is 5.85. The third kappa shape index (κ3) is 2.32. The molecule has 2 aliphatic carbocycles. The average molecular weight is 259 g/mol. The van der Waals surface area contributed by atoms with Crippen molar-refractivity contribution in [1.29, 1.82) is 0 Å². The molecule has 0 aromatic rings. The molecule has 1 N–H and O–H groups in total. The minimum Gasteiger partial charge on any atom is -0.342 e. The molecule has 0 aromatic carbocycles. The van der Waals surface area contributed by atoms with Crippen LogP contribution in [0.3, 0.4) is 0 Å². The van der Waals surface area contributed by atoms with E-state index in [-0.39, 0.29) is 12.4 Å². The van der Waals surface area contributed by atoms with Crippen LogP contribution in [-0.4, -0.2) is 37.0 Å². The van der Waals surface area contributed by atoms with Gasteiger partial charge in [0, 0.05) is 19.0 Å². The second kappa shape index (κ2) is 5.15. The van der Waals surface area contributed by atoms with Gasteiger partial charge in [0.2, 0.25) is 5.91 Å². The molecule has 3 fully saturated rings. The number of rotatable bonds is 2. The Morgan fingerprint density at radius 1 is 1.12 bits per heavy atom. The molecule has 17 heavy (non-hydrogen) atoms. The van der Waals surface area contributed by atoms with Crippen LogP contribution in [0.2, 0.25) is 0 Å². The number of piperidine rings is 1. The van der Waals surface area contributed by atoms with E-state index >= 15 is 0 Å². The van der Waals surface area contributed by atoms with Gasteiger partial charge in [-0.2, -0.15) is 0 Å². The zero-order valence-corrected chi connectivity index (χ0v) is 11.3. The minimum absolute atomic E-state index is 0. The van der Waals surface area contributed by atoms with Crippen molar-refractivity contribution >= 4 is 18.3 Å². The van der Waals surface area contributed by atoms with Crippen molar-refractivity contribution in [2.45, 2.75) is 38.1 Å². The van der Waals surface area contributed by atoms with Crippen molar-refractivity contribution in [2.75, 3.05) is 20.1 Å². The first-order valence-electron chi connectivity index (χ1n) is 6.76. The smallest absolute Gasteiger partial charge is 0.226 e. The number of hydrogen-bond donors (Lipinski definition) is 1. The van der Waals surface area contributed by atoms with Gasteiger partial charge in [-0.05, 0) is 50.6 Å². The average Bonchev–Trinajstić information content (AvgIpc) is 2.81. The maximum atomic E-state index is 12.3. The van der Waals surface area contributed by atoms with E-state index in [1.165, 1.54) is 19.3 Å². The van der Waals surface area contributed by atoms with Crippen molar-refractivity contribution in [3.05, 3.63) is 0 Å². The molecule has 0 radical (unpaired) electrons. The van der Waals surface area contributed by atoms with E-state index in [0.717, 1.165) is 37.8 Å². The van der Waals surface area contributed by atoms with Crippen LogP contribution in [0.25, 0.3) is 0 Å². The number of amides is 1. The lowest BCUT2D eigenvalue weighted by atomic mass is 10.0. The molecular formula is C13H23ClN2O. The van der Waals surface area contributed by atoms with Crippen molar-refractivity contribution < 1.29 is 4.79 Å². The van der Waals surface area contributed by atoms with E-state index in [9.17, 15) is 4.79 Å². The number of halogens is 1. The zero-order valence-electron chi connectivity index (χ0n) is 10.5. The first-order chi connectivity index (χ1) is 7.79. The number of nitrogens with one attached hydrogen (secondary N) is 1. The van der Waals surface area contributed by atoms with Crippen LogP contribution in [-0.2, 0) is 4.79 Å². The first kappa shape index (κ1) is 13.2. The minimum atomic E-state index is 0. The van der Waals surface area contributed by atoms with Crippen LogP contribution in [0, 0.1) is 17.8 Å². The third-order valence-corrected chi connectivity index (χ3v) is 4.90. The van der Waals surface area contributed by atoms with Gasteiger partial charge >= 0.3 is 0 Å². The second-order valence-corrected chi connectivity index (χ2v) is 5.71. The summed E-state index contributed by atoms with van der Waals surface area (Å²) in [6.07, 6.45) is 6.23. The van der Waals surface area contributed by atoms with E-state index in [2.05, 4.69) is 10.2 Å². The first-order valence-corrected chi connectivity index (χ1v) is 6.76. The summed E-state index contributed by atoms with van der Waals surface area (Å²) in [4.78, 5) is 14.4. The molecule has 2 atom stereocenters. The summed E-state index contributed by atoms with van der Waals surface area (Å²) < 4.78 is 0. The molecule has 2 saturated carbocycles. The van der Waals surface area contributed by atoms with Gasteiger partial charge in [0.15, 0.2) is 0 Å². The summed E-state index contributed by atoms with van der Waals surface area (Å²) in [6, 6.07) is 0.495. The third-order valence-electron chi connectivity index (χ3n) is 4.90. The standard InChI is InChI=1S/C13H22N2O.ClH/c1-15(9-5-7-14-8-6-9)13(16)12-10-3-2-4-11(10)12;/h9-12,14H,2-8H2,1H3;1H. The van der Waals surface area contributed by atoms with Gasteiger partial charge in [0.1, 0.15) is 0 Å². The molecule has 3 nitrogen and oxygen atoms in total. The van der Waals surface area contributed by atoms with Gasteiger partial charge in [-0.3, -0.25) is 4.79 Å². The van der Waals surface area contributed by atoms with Gasteiger partial charge in [0.05, 0.1) is 0 Å². The van der Waals surface area contributed by atoms with Crippen molar-refractivity contribution in [3.63, 3.8) is 0 Å². The van der Waals surface area contributed by atoms with Gasteiger partial charge in [-0.15, -0.1) is 12.4 Å². The quantitative estimate of drug-likeness (QED) is 0.817. The van der Waals surface area contributed by atoms with Crippen molar-refractivity contribution in [2.24, 2.45) is 17.8 Å². The molecule has 3 rings (SSSR count). The van der Waals surface area contributed by atoms with E-state index in [1.807, 2.05) is 7.05 Å². The maximum Gasteiger partial charge on any atom is 0.226 e. The van der Waals surface area contributed by atoms with Gasteiger partial charge in [0.25, 0.3) is 0 Å². The fourth-order valence-electron chi connectivity index (χ4n) is 3.80. The highest BCUT2D eigenvalue weighted by Crippen LogP contribution is 2.58. The zero-order chi connectivity index (χ0) is 11.1. The Morgan fingerprint density at radius 2 is 1.71 bits per heavy atom. The molecule has 1 saturated heterocycles. The predicted molar refractivity (Wildman–Crippen MR) is 70.2 cm³/mol. The van der Waals surface area contributed by atoms with Crippen LogP contribution < -0.4 is 5.32 Å². The molecule has 0 spiro atoms. The molecule has 2 unspecified atom stereocenters. The molecule has 1 heterocycles. The monoisotopic (exact) mass is 258 g/mol. The SMILES string of the molecule is CN(C(=O)C1C2CCCC21)C1CCNCC1.Cl. The summed E-state index contributed by atoms with van der Waals surface area (Å²) >= 11 is 0. The molecule has 98 valence electrons. The number of hydrogen-bond acceptors (Lipinski definition) is 2. The largest absolute Gasteiger partial charge is 0.342 e. The molecule has 3 aliphatic rings. The maximum absolute atomic E-state index is 12.3. The fourth-order valence-corrected chi connectivity index (χ4v) is 3.80.